The highest BCUT2D eigenvalue weighted by atomic mass is 32.1. The number of nitrogens with zero attached hydrogens (tertiary/aromatic N) is 2. The number of para-hydroxylation sites is 1. The van der Waals surface area contributed by atoms with Crippen molar-refractivity contribution in [3.05, 3.63) is 81.5 Å². The molecule has 3 amide bonds. The molecule has 1 aliphatic rings. The molecule has 1 aromatic heterocycles. The van der Waals surface area contributed by atoms with Gasteiger partial charge in [0.25, 0.3) is 0 Å². The summed E-state index contributed by atoms with van der Waals surface area (Å²) in [6.45, 7) is 9.04. The van der Waals surface area contributed by atoms with E-state index in [1.165, 1.54) is 4.88 Å². The van der Waals surface area contributed by atoms with Crippen LogP contribution in [0.25, 0.3) is 0 Å². The van der Waals surface area contributed by atoms with Gasteiger partial charge in [-0.3, -0.25) is 4.79 Å². The van der Waals surface area contributed by atoms with Gasteiger partial charge >= 0.3 is 6.03 Å². The Bertz CT molecular complexity index is 1190. The normalized spacial score (nSPS) is 15.7. The first-order chi connectivity index (χ1) is 17.4. The van der Waals surface area contributed by atoms with Crippen LogP contribution in [0.1, 0.15) is 47.9 Å². The van der Waals surface area contributed by atoms with Gasteiger partial charge < -0.3 is 19.9 Å². The van der Waals surface area contributed by atoms with Gasteiger partial charge in [0.2, 0.25) is 5.91 Å². The average Bonchev–Trinajstić information content (AvgIpc) is 3.36. The summed E-state index contributed by atoms with van der Waals surface area (Å²) in [5.74, 6) is 0.760. The Balaban J connectivity index is 1.51. The zero-order chi connectivity index (χ0) is 25.7. The molecule has 0 bridgehead atoms. The fourth-order valence-electron chi connectivity index (χ4n) is 4.48. The Kier molecular flexibility index (Phi) is 8.31. The van der Waals surface area contributed by atoms with Crippen molar-refractivity contribution in [1.82, 2.24) is 9.80 Å². The number of fused-ring (bicyclic) bond motifs is 1. The molecule has 0 saturated carbocycles. The zero-order valence-electron chi connectivity index (χ0n) is 21.5. The molecular weight excluding hydrogens is 470 g/mol. The molecule has 2 heterocycles. The maximum Gasteiger partial charge on any atom is 0.322 e. The third-order valence-electron chi connectivity index (χ3n) is 6.90. The van der Waals surface area contributed by atoms with Crippen molar-refractivity contribution < 1.29 is 14.3 Å². The Morgan fingerprint density at radius 3 is 2.61 bits per heavy atom. The predicted molar refractivity (Wildman–Crippen MR) is 146 cm³/mol. The largest absolute Gasteiger partial charge is 0.491 e. The molecule has 0 aliphatic carbocycles. The molecule has 2 atom stereocenters. The number of anilines is 1. The minimum Gasteiger partial charge on any atom is -0.491 e. The second-order valence-corrected chi connectivity index (χ2v) is 10.4. The number of carbonyl (C=O) groups is 2. The second-order valence-electron chi connectivity index (χ2n) is 9.41. The number of nitrogens with one attached hydrogen (secondary N) is 1. The lowest BCUT2D eigenvalue weighted by Gasteiger charge is -2.38. The van der Waals surface area contributed by atoms with Gasteiger partial charge in [-0.2, -0.15) is 0 Å². The number of benzene rings is 2. The van der Waals surface area contributed by atoms with Gasteiger partial charge in [-0.1, -0.05) is 42.8 Å². The summed E-state index contributed by atoms with van der Waals surface area (Å²) in [5, 5.41) is 5.04. The van der Waals surface area contributed by atoms with E-state index in [4.69, 9.17) is 4.74 Å². The van der Waals surface area contributed by atoms with Crippen molar-refractivity contribution in [2.24, 2.45) is 0 Å². The number of urea groups is 1. The van der Waals surface area contributed by atoms with E-state index < -0.39 is 0 Å². The number of carbonyl (C=O) groups excluding carboxylic acids is 2. The highest BCUT2D eigenvalue weighted by Crippen LogP contribution is 2.34. The van der Waals surface area contributed by atoms with Crippen LogP contribution in [0.2, 0.25) is 0 Å². The van der Waals surface area contributed by atoms with Crippen molar-refractivity contribution in [2.75, 3.05) is 25.0 Å². The number of aryl methyl sites for hydroxylation is 2. The van der Waals surface area contributed by atoms with Gasteiger partial charge in [0.1, 0.15) is 18.9 Å². The van der Waals surface area contributed by atoms with Crippen LogP contribution in [-0.4, -0.2) is 47.5 Å². The Morgan fingerprint density at radius 2 is 1.89 bits per heavy atom. The third-order valence-corrected chi connectivity index (χ3v) is 7.89. The van der Waals surface area contributed by atoms with Crippen molar-refractivity contribution in [3.8, 4) is 5.75 Å². The highest BCUT2D eigenvalue weighted by Gasteiger charge is 2.34. The molecule has 0 radical (unpaired) electrons. The lowest BCUT2D eigenvalue weighted by atomic mass is 10.00. The molecule has 3 aromatic rings. The lowest BCUT2D eigenvalue weighted by molar-refractivity contribution is -0.135. The Morgan fingerprint density at radius 1 is 1.14 bits per heavy atom. The van der Waals surface area contributed by atoms with Crippen LogP contribution in [0, 0.1) is 13.8 Å². The molecule has 0 fully saturated rings. The minimum absolute atomic E-state index is 0.0209. The molecule has 0 spiro atoms. The number of amides is 3. The van der Waals surface area contributed by atoms with E-state index in [2.05, 4.69) is 16.8 Å². The number of thiophene rings is 1. The molecule has 2 aromatic carbocycles. The van der Waals surface area contributed by atoms with Gasteiger partial charge in [-0.05, 0) is 74.4 Å². The fraction of sp³-hybridized carbons (Fsp3) is 0.379. The van der Waals surface area contributed by atoms with E-state index >= 15 is 0 Å². The molecule has 190 valence electrons. The van der Waals surface area contributed by atoms with E-state index in [-0.39, 0.29) is 30.6 Å². The molecule has 0 unspecified atom stereocenters. The van der Waals surface area contributed by atoms with E-state index in [0.717, 1.165) is 41.0 Å². The maximum atomic E-state index is 13.7. The van der Waals surface area contributed by atoms with Crippen molar-refractivity contribution in [2.45, 2.75) is 52.6 Å². The molecule has 36 heavy (non-hydrogen) atoms. The Hall–Kier alpha value is -3.32. The summed E-state index contributed by atoms with van der Waals surface area (Å²) < 4.78 is 6.21. The van der Waals surface area contributed by atoms with Gasteiger partial charge in [0.15, 0.2) is 0 Å². The van der Waals surface area contributed by atoms with E-state index in [1.54, 1.807) is 16.2 Å². The first kappa shape index (κ1) is 25.8. The van der Waals surface area contributed by atoms with Gasteiger partial charge in [0.05, 0.1) is 6.04 Å². The van der Waals surface area contributed by atoms with Crippen LogP contribution in [0.4, 0.5) is 10.5 Å². The van der Waals surface area contributed by atoms with Crippen LogP contribution in [0.15, 0.2) is 60.0 Å². The molecule has 0 saturated heterocycles. The summed E-state index contributed by atoms with van der Waals surface area (Å²) in [5.41, 5.74) is 4.05. The predicted octanol–water partition coefficient (Wildman–Crippen LogP) is 6.20. The monoisotopic (exact) mass is 505 g/mol. The smallest absolute Gasteiger partial charge is 0.322 e. The number of hydrogen-bond acceptors (Lipinski definition) is 4. The number of ether oxygens (including phenoxy) is 1. The lowest BCUT2D eigenvalue weighted by Crippen LogP contribution is -2.50. The van der Waals surface area contributed by atoms with Crippen LogP contribution >= 0.6 is 11.3 Å². The topological polar surface area (TPSA) is 61.9 Å². The zero-order valence-corrected chi connectivity index (χ0v) is 22.3. The molecule has 7 heteroatoms. The molecule has 1 N–H and O–H groups in total. The second kappa shape index (κ2) is 11.6. The first-order valence-electron chi connectivity index (χ1n) is 12.6. The standard InChI is InChI=1S/C29H35N3O3S/c1-5-22(4)32(29(34)30-23-12-10-20(2)11-13-23)18-28(33)31-16-14-27-24(15-17-36-27)25(31)19-35-26-9-7-6-8-21(26)3/h6-13,15,17,22,25H,5,14,16,18-19H2,1-4H3,(H,30,34)/t22-,25-/m1/s1. The van der Waals surface area contributed by atoms with E-state index in [0.29, 0.717) is 13.2 Å². The van der Waals surface area contributed by atoms with Crippen molar-refractivity contribution in [3.63, 3.8) is 0 Å². The average molecular weight is 506 g/mol. The summed E-state index contributed by atoms with van der Waals surface area (Å²) in [6, 6.07) is 17.2. The number of rotatable bonds is 8. The van der Waals surface area contributed by atoms with Crippen LogP contribution < -0.4 is 10.1 Å². The molecule has 4 rings (SSSR count). The minimum atomic E-state index is -0.262. The fourth-order valence-corrected chi connectivity index (χ4v) is 5.41. The third kappa shape index (κ3) is 5.90. The number of hydrogen-bond donors (Lipinski definition) is 1. The van der Waals surface area contributed by atoms with E-state index in [9.17, 15) is 9.59 Å². The van der Waals surface area contributed by atoms with Crippen molar-refractivity contribution in [1.29, 1.82) is 0 Å². The Labute approximate surface area is 217 Å². The van der Waals surface area contributed by atoms with Crippen LogP contribution in [0.3, 0.4) is 0 Å². The highest BCUT2D eigenvalue weighted by molar-refractivity contribution is 7.10. The van der Waals surface area contributed by atoms with Crippen LogP contribution in [-0.2, 0) is 11.2 Å². The van der Waals surface area contributed by atoms with Gasteiger partial charge in [0, 0.05) is 23.2 Å². The molecule has 6 nitrogen and oxygen atoms in total. The summed E-state index contributed by atoms with van der Waals surface area (Å²) in [6.07, 6.45) is 1.57. The SMILES string of the molecule is CC[C@@H](C)N(CC(=O)N1CCc2sccc2[C@H]1COc1ccccc1C)C(=O)Nc1ccc(C)cc1. The van der Waals surface area contributed by atoms with E-state index in [1.807, 2.05) is 81.1 Å². The first-order valence-corrected chi connectivity index (χ1v) is 13.4. The van der Waals surface area contributed by atoms with Gasteiger partial charge in [-0.25, -0.2) is 4.79 Å². The molecular formula is C29H35N3O3S. The summed E-state index contributed by atoms with van der Waals surface area (Å²) in [4.78, 5) is 31.8. The maximum absolute atomic E-state index is 13.7. The van der Waals surface area contributed by atoms with Gasteiger partial charge in [-0.15, -0.1) is 11.3 Å². The quantitative estimate of drug-likeness (QED) is 0.396. The molecule has 1 aliphatic heterocycles. The van der Waals surface area contributed by atoms with Crippen molar-refractivity contribution >= 4 is 29.0 Å². The van der Waals surface area contributed by atoms with Crippen LogP contribution in [0.5, 0.6) is 5.75 Å². The summed E-state index contributed by atoms with van der Waals surface area (Å²) >= 11 is 1.73. The summed E-state index contributed by atoms with van der Waals surface area (Å²) in [7, 11) is 0.